The topological polar surface area (TPSA) is 101 Å². The third kappa shape index (κ3) is 4.63. The Morgan fingerprint density at radius 2 is 2.00 bits per heavy atom. The van der Waals surface area contributed by atoms with Gasteiger partial charge in [-0.15, -0.1) is 0 Å². The van der Waals surface area contributed by atoms with Crippen molar-refractivity contribution in [3.05, 3.63) is 63.4 Å². The van der Waals surface area contributed by atoms with Gasteiger partial charge in [0.15, 0.2) is 17.1 Å². The molecule has 28 heavy (non-hydrogen) atoms. The molecular weight excluding hydrogens is 475 g/mol. The van der Waals surface area contributed by atoms with E-state index in [-0.39, 0.29) is 5.76 Å². The van der Waals surface area contributed by atoms with Crippen LogP contribution in [0.1, 0.15) is 16.1 Å². The summed E-state index contributed by atoms with van der Waals surface area (Å²) in [5, 5.41) is 15.4. The van der Waals surface area contributed by atoms with E-state index in [0.717, 1.165) is 9.13 Å². The van der Waals surface area contributed by atoms with E-state index in [9.17, 15) is 14.7 Å². The van der Waals surface area contributed by atoms with Gasteiger partial charge in [0.1, 0.15) is 6.04 Å². The average Bonchev–Trinajstić information content (AvgIpc) is 3.14. The molecule has 1 heterocycles. The molecule has 2 amide bonds. The number of methoxy groups -OCH3 is 1. The Morgan fingerprint density at radius 3 is 2.71 bits per heavy atom. The summed E-state index contributed by atoms with van der Waals surface area (Å²) in [7, 11) is 1.51. The number of aliphatic hydroxyl groups is 1. The van der Waals surface area contributed by atoms with Crippen LogP contribution >= 0.6 is 22.6 Å². The highest BCUT2D eigenvalue weighted by atomic mass is 127. The van der Waals surface area contributed by atoms with Crippen molar-refractivity contribution in [3.8, 4) is 5.75 Å². The largest absolute Gasteiger partial charge is 0.493 e. The minimum Gasteiger partial charge on any atom is -0.493 e. The zero-order valence-electron chi connectivity index (χ0n) is 15.1. The minimum absolute atomic E-state index is 0.0309. The van der Waals surface area contributed by atoms with E-state index in [1.165, 1.54) is 7.11 Å². The number of fused-ring (bicyclic) bond motifs is 1. The van der Waals surface area contributed by atoms with Gasteiger partial charge in [-0.1, -0.05) is 24.3 Å². The summed E-state index contributed by atoms with van der Waals surface area (Å²) in [5.41, 5.74) is 1.37. The summed E-state index contributed by atoms with van der Waals surface area (Å²) in [6.45, 7) is -0.239. The molecule has 0 bridgehead atoms. The second kappa shape index (κ2) is 9.07. The zero-order chi connectivity index (χ0) is 20.1. The summed E-state index contributed by atoms with van der Waals surface area (Å²) in [5.74, 6) is -0.543. The first-order valence-electron chi connectivity index (χ1n) is 8.52. The van der Waals surface area contributed by atoms with Crippen molar-refractivity contribution in [1.82, 2.24) is 10.6 Å². The molecule has 2 aromatic carbocycles. The number of nitrogens with one attached hydrogen (secondary N) is 2. The molecular formula is C20H19IN2O5. The number of furan rings is 1. The second-order valence-electron chi connectivity index (χ2n) is 6.05. The molecule has 0 aliphatic rings. The van der Waals surface area contributed by atoms with Gasteiger partial charge in [-0.25, -0.2) is 0 Å². The van der Waals surface area contributed by atoms with Gasteiger partial charge in [0, 0.05) is 15.5 Å². The van der Waals surface area contributed by atoms with Crippen LogP contribution in [0.15, 0.2) is 52.9 Å². The molecule has 8 heteroatoms. The van der Waals surface area contributed by atoms with Crippen molar-refractivity contribution in [2.24, 2.45) is 0 Å². The number of benzene rings is 2. The van der Waals surface area contributed by atoms with Crippen molar-refractivity contribution >= 4 is 45.4 Å². The van der Waals surface area contributed by atoms with Gasteiger partial charge >= 0.3 is 0 Å². The first-order chi connectivity index (χ1) is 13.5. The molecule has 0 spiro atoms. The van der Waals surface area contributed by atoms with Crippen LogP contribution in [0.2, 0.25) is 0 Å². The van der Waals surface area contributed by atoms with Gasteiger partial charge in [-0.05, 0) is 52.4 Å². The Kier molecular flexibility index (Phi) is 6.53. The summed E-state index contributed by atoms with van der Waals surface area (Å²) < 4.78 is 11.8. The normalized spacial score (nSPS) is 11.8. The maximum Gasteiger partial charge on any atom is 0.287 e. The standard InChI is InChI=1S/C20H19IN2O5/c1-27-16-7-3-5-13-9-17(28-18(13)16)20(26)23-15(11-24)19(25)22-10-12-4-2-6-14(21)8-12/h2-9,15,24H,10-11H2,1H3,(H,22,25)(H,23,26). The molecule has 3 aromatic rings. The van der Waals surface area contributed by atoms with Gasteiger partial charge < -0.3 is 24.9 Å². The van der Waals surface area contributed by atoms with E-state index in [4.69, 9.17) is 9.15 Å². The van der Waals surface area contributed by atoms with Crippen LogP contribution in [-0.2, 0) is 11.3 Å². The van der Waals surface area contributed by atoms with Crippen molar-refractivity contribution in [2.45, 2.75) is 12.6 Å². The lowest BCUT2D eigenvalue weighted by molar-refractivity contribution is -0.124. The molecule has 0 aliphatic heterocycles. The van der Waals surface area contributed by atoms with Crippen LogP contribution in [0.25, 0.3) is 11.0 Å². The molecule has 1 atom stereocenters. The maximum absolute atomic E-state index is 12.5. The lowest BCUT2D eigenvalue weighted by Crippen LogP contribution is -2.48. The fraction of sp³-hybridized carbons (Fsp3) is 0.200. The van der Waals surface area contributed by atoms with E-state index < -0.39 is 24.5 Å². The predicted molar refractivity (Wildman–Crippen MR) is 112 cm³/mol. The molecule has 1 aromatic heterocycles. The molecule has 3 rings (SSSR count). The molecule has 3 N–H and O–H groups in total. The number of ether oxygens (including phenoxy) is 1. The van der Waals surface area contributed by atoms with Gasteiger partial charge in [-0.3, -0.25) is 9.59 Å². The Bertz CT molecular complexity index is 1000. The van der Waals surface area contributed by atoms with Crippen molar-refractivity contribution < 1.29 is 23.8 Å². The van der Waals surface area contributed by atoms with Crippen LogP contribution in [0.5, 0.6) is 5.75 Å². The fourth-order valence-electron chi connectivity index (χ4n) is 2.69. The quantitative estimate of drug-likeness (QED) is 0.439. The lowest BCUT2D eigenvalue weighted by atomic mass is 10.2. The molecule has 1 unspecified atom stereocenters. The third-order valence-corrected chi connectivity index (χ3v) is 4.78. The summed E-state index contributed by atoms with van der Waals surface area (Å²) in [6.07, 6.45) is 0. The van der Waals surface area contributed by atoms with Crippen molar-refractivity contribution in [3.63, 3.8) is 0 Å². The van der Waals surface area contributed by atoms with Crippen molar-refractivity contribution in [1.29, 1.82) is 0 Å². The van der Waals surface area contributed by atoms with E-state index in [1.54, 1.807) is 24.3 Å². The molecule has 0 aliphatic carbocycles. The Morgan fingerprint density at radius 1 is 1.21 bits per heavy atom. The number of hydrogen-bond acceptors (Lipinski definition) is 5. The number of carbonyl (C=O) groups excluding carboxylic acids is 2. The number of rotatable bonds is 7. The number of hydrogen-bond donors (Lipinski definition) is 3. The van der Waals surface area contributed by atoms with Crippen LogP contribution < -0.4 is 15.4 Å². The molecule has 0 saturated heterocycles. The smallest absolute Gasteiger partial charge is 0.287 e. The number of aliphatic hydroxyl groups excluding tert-OH is 1. The highest BCUT2D eigenvalue weighted by Crippen LogP contribution is 2.28. The number of amides is 2. The Hall–Kier alpha value is -2.59. The summed E-state index contributed by atoms with van der Waals surface area (Å²) in [4.78, 5) is 24.8. The van der Waals surface area contributed by atoms with Crippen molar-refractivity contribution in [2.75, 3.05) is 13.7 Å². The summed E-state index contributed by atoms with van der Waals surface area (Å²) in [6, 6.07) is 13.4. The first-order valence-corrected chi connectivity index (χ1v) is 9.60. The number of carbonyl (C=O) groups is 2. The van der Waals surface area contributed by atoms with Gasteiger partial charge in [-0.2, -0.15) is 0 Å². The Labute approximate surface area is 175 Å². The van der Waals surface area contributed by atoms with E-state index >= 15 is 0 Å². The van der Waals surface area contributed by atoms with Gasteiger partial charge in [0.2, 0.25) is 5.91 Å². The second-order valence-corrected chi connectivity index (χ2v) is 7.29. The van der Waals surface area contributed by atoms with Crippen LogP contribution in [0, 0.1) is 3.57 Å². The van der Waals surface area contributed by atoms with E-state index in [0.29, 0.717) is 23.3 Å². The third-order valence-electron chi connectivity index (χ3n) is 4.11. The van der Waals surface area contributed by atoms with Crippen LogP contribution in [-0.4, -0.2) is 36.7 Å². The minimum atomic E-state index is -1.09. The highest BCUT2D eigenvalue weighted by Gasteiger charge is 2.23. The lowest BCUT2D eigenvalue weighted by Gasteiger charge is -2.15. The number of halogens is 1. The van der Waals surface area contributed by atoms with E-state index in [1.807, 2.05) is 24.3 Å². The van der Waals surface area contributed by atoms with E-state index in [2.05, 4.69) is 33.2 Å². The monoisotopic (exact) mass is 494 g/mol. The maximum atomic E-state index is 12.5. The molecule has 0 radical (unpaired) electrons. The first kappa shape index (κ1) is 20.2. The number of para-hydroxylation sites is 1. The highest BCUT2D eigenvalue weighted by molar-refractivity contribution is 14.1. The van der Waals surface area contributed by atoms with Gasteiger partial charge in [0.25, 0.3) is 5.91 Å². The zero-order valence-corrected chi connectivity index (χ0v) is 17.2. The Balaban J connectivity index is 1.66. The summed E-state index contributed by atoms with van der Waals surface area (Å²) >= 11 is 2.19. The van der Waals surface area contributed by atoms with Crippen LogP contribution in [0.4, 0.5) is 0 Å². The molecule has 7 nitrogen and oxygen atoms in total. The molecule has 146 valence electrons. The molecule has 0 saturated carbocycles. The van der Waals surface area contributed by atoms with Gasteiger partial charge in [0.05, 0.1) is 13.7 Å². The average molecular weight is 494 g/mol. The van der Waals surface area contributed by atoms with Crippen LogP contribution in [0.3, 0.4) is 0 Å². The SMILES string of the molecule is COc1cccc2cc(C(=O)NC(CO)C(=O)NCc3cccc(I)c3)oc12. The predicted octanol–water partition coefficient (Wildman–Crippen LogP) is 2.45. The molecule has 0 fully saturated rings. The fourth-order valence-corrected chi connectivity index (χ4v) is 3.30.